The number of nitrogens with zero attached hydrogens (tertiary/aromatic N) is 4. The molecule has 0 radical (unpaired) electrons. The molecule has 1 aromatic heterocycles. The smallest absolute Gasteiger partial charge is 0.322 e. The summed E-state index contributed by atoms with van der Waals surface area (Å²) in [5.41, 5.74) is 6.05. The molecule has 7 heteroatoms. The lowest BCUT2D eigenvalue weighted by molar-refractivity contribution is 0.371. The molecule has 2 fully saturated rings. The summed E-state index contributed by atoms with van der Waals surface area (Å²) in [6.45, 7) is 0. The summed E-state index contributed by atoms with van der Waals surface area (Å²) < 4.78 is 5.04. The van der Waals surface area contributed by atoms with Crippen molar-refractivity contribution in [3.05, 3.63) is 5.28 Å². The first-order valence-electron chi connectivity index (χ1n) is 6.17. The molecule has 3 heterocycles. The van der Waals surface area contributed by atoms with E-state index in [0.29, 0.717) is 18.0 Å². The number of methoxy groups -OCH3 is 1. The van der Waals surface area contributed by atoms with Crippen molar-refractivity contribution in [1.82, 2.24) is 15.0 Å². The predicted octanol–water partition coefficient (Wildman–Crippen LogP) is 0.992. The fourth-order valence-electron chi connectivity index (χ4n) is 3.07. The highest BCUT2D eigenvalue weighted by atomic mass is 35.5. The van der Waals surface area contributed by atoms with Gasteiger partial charge in [0.05, 0.1) is 7.11 Å². The highest BCUT2D eigenvalue weighted by molar-refractivity contribution is 6.28. The third-order valence-electron chi connectivity index (χ3n) is 3.76. The quantitative estimate of drug-likeness (QED) is 0.863. The highest BCUT2D eigenvalue weighted by Gasteiger charge is 2.41. The van der Waals surface area contributed by atoms with Gasteiger partial charge in [0.2, 0.25) is 11.2 Å². The van der Waals surface area contributed by atoms with Crippen LogP contribution in [0.25, 0.3) is 0 Å². The number of nitrogens with two attached hydrogens (primary N) is 1. The molecule has 2 bridgehead atoms. The topological polar surface area (TPSA) is 77.2 Å². The minimum Gasteiger partial charge on any atom is -0.467 e. The van der Waals surface area contributed by atoms with Gasteiger partial charge < -0.3 is 15.4 Å². The molecule has 0 spiro atoms. The van der Waals surface area contributed by atoms with Crippen LogP contribution in [-0.2, 0) is 0 Å². The molecule has 0 amide bonds. The second-order valence-electron chi connectivity index (χ2n) is 4.91. The summed E-state index contributed by atoms with van der Waals surface area (Å²) in [4.78, 5) is 14.7. The molecular formula is C11H16ClN5O. The Morgan fingerprint density at radius 2 is 1.89 bits per heavy atom. The Kier molecular flexibility index (Phi) is 2.99. The van der Waals surface area contributed by atoms with Crippen molar-refractivity contribution in [2.45, 2.75) is 43.8 Å². The van der Waals surface area contributed by atoms with Crippen molar-refractivity contribution in [2.75, 3.05) is 12.0 Å². The molecule has 2 N–H and O–H groups in total. The van der Waals surface area contributed by atoms with Gasteiger partial charge in [0.1, 0.15) is 0 Å². The number of fused-ring (bicyclic) bond motifs is 2. The summed E-state index contributed by atoms with van der Waals surface area (Å²) in [7, 11) is 1.52. The average Bonchev–Trinajstić information content (AvgIpc) is 2.61. The second-order valence-corrected chi connectivity index (χ2v) is 5.25. The van der Waals surface area contributed by atoms with E-state index in [1.807, 2.05) is 0 Å². The summed E-state index contributed by atoms with van der Waals surface area (Å²) in [6, 6.07) is 1.39. The molecule has 2 unspecified atom stereocenters. The van der Waals surface area contributed by atoms with Gasteiger partial charge in [0, 0.05) is 18.1 Å². The lowest BCUT2D eigenvalue weighted by Gasteiger charge is -2.37. The monoisotopic (exact) mass is 269 g/mol. The molecule has 0 aromatic carbocycles. The fraction of sp³-hybridized carbons (Fsp3) is 0.727. The lowest BCUT2D eigenvalue weighted by Crippen LogP contribution is -2.48. The summed E-state index contributed by atoms with van der Waals surface area (Å²) in [6.07, 6.45) is 4.26. The molecule has 18 heavy (non-hydrogen) atoms. The van der Waals surface area contributed by atoms with E-state index >= 15 is 0 Å². The van der Waals surface area contributed by atoms with Crippen molar-refractivity contribution < 1.29 is 4.74 Å². The van der Waals surface area contributed by atoms with Gasteiger partial charge in [-0.3, -0.25) is 0 Å². The van der Waals surface area contributed by atoms with Gasteiger partial charge in [0.25, 0.3) is 0 Å². The van der Waals surface area contributed by atoms with E-state index in [0.717, 1.165) is 25.7 Å². The molecule has 98 valence electrons. The van der Waals surface area contributed by atoms with E-state index in [4.69, 9.17) is 22.1 Å². The van der Waals surface area contributed by atoms with E-state index in [1.165, 1.54) is 7.11 Å². The van der Waals surface area contributed by atoms with Gasteiger partial charge in [-0.05, 0) is 37.3 Å². The Labute approximate surface area is 111 Å². The van der Waals surface area contributed by atoms with E-state index in [2.05, 4.69) is 19.9 Å². The standard InChI is InChI=1S/C11H16ClN5O/c1-18-11-15-9(12)14-10(16-11)17-7-2-3-8(17)5-6(13)4-7/h6-8H,2-5,13H2,1H3. The molecule has 6 nitrogen and oxygen atoms in total. The van der Waals surface area contributed by atoms with Crippen LogP contribution in [0.4, 0.5) is 5.95 Å². The number of anilines is 1. The highest BCUT2D eigenvalue weighted by Crippen LogP contribution is 2.37. The normalized spacial score (nSPS) is 30.6. The molecule has 2 aliphatic rings. The van der Waals surface area contributed by atoms with Gasteiger partial charge in [0.15, 0.2) is 0 Å². The summed E-state index contributed by atoms with van der Waals surface area (Å²) in [5, 5.41) is 0.172. The number of halogens is 1. The number of hydrogen-bond acceptors (Lipinski definition) is 6. The summed E-state index contributed by atoms with van der Waals surface area (Å²) >= 11 is 5.90. The van der Waals surface area contributed by atoms with Gasteiger partial charge >= 0.3 is 6.01 Å². The zero-order chi connectivity index (χ0) is 12.7. The maximum absolute atomic E-state index is 6.05. The van der Waals surface area contributed by atoms with E-state index in [1.54, 1.807) is 0 Å². The molecular weight excluding hydrogens is 254 g/mol. The predicted molar refractivity (Wildman–Crippen MR) is 67.9 cm³/mol. The first-order valence-corrected chi connectivity index (χ1v) is 6.54. The van der Waals surface area contributed by atoms with Crippen LogP contribution in [0.1, 0.15) is 25.7 Å². The molecule has 2 atom stereocenters. The number of ether oxygens (including phenoxy) is 1. The maximum atomic E-state index is 6.05. The van der Waals surface area contributed by atoms with Crippen molar-refractivity contribution in [3.63, 3.8) is 0 Å². The van der Waals surface area contributed by atoms with Crippen LogP contribution in [0.15, 0.2) is 0 Å². The van der Waals surface area contributed by atoms with Crippen LogP contribution in [0.5, 0.6) is 6.01 Å². The molecule has 0 aliphatic carbocycles. The van der Waals surface area contributed by atoms with E-state index in [-0.39, 0.29) is 17.3 Å². The van der Waals surface area contributed by atoms with Gasteiger partial charge in [-0.2, -0.15) is 15.0 Å². The van der Waals surface area contributed by atoms with Crippen LogP contribution in [-0.4, -0.2) is 40.2 Å². The van der Waals surface area contributed by atoms with Gasteiger partial charge in [-0.15, -0.1) is 0 Å². The third kappa shape index (κ3) is 1.99. The average molecular weight is 270 g/mol. The van der Waals surface area contributed by atoms with Crippen LogP contribution < -0.4 is 15.4 Å². The van der Waals surface area contributed by atoms with Crippen LogP contribution in [0.2, 0.25) is 5.28 Å². The van der Waals surface area contributed by atoms with Gasteiger partial charge in [-0.1, -0.05) is 0 Å². The number of piperidine rings is 1. The largest absolute Gasteiger partial charge is 0.467 e. The van der Waals surface area contributed by atoms with E-state index in [9.17, 15) is 0 Å². The molecule has 2 saturated heterocycles. The minimum absolute atomic E-state index is 0.172. The van der Waals surface area contributed by atoms with Crippen molar-refractivity contribution >= 4 is 17.5 Å². The fourth-order valence-corrected chi connectivity index (χ4v) is 3.22. The van der Waals surface area contributed by atoms with Crippen LogP contribution in [0, 0.1) is 0 Å². The van der Waals surface area contributed by atoms with Crippen LogP contribution in [0.3, 0.4) is 0 Å². The zero-order valence-corrected chi connectivity index (χ0v) is 11.0. The van der Waals surface area contributed by atoms with Gasteiger partial charge in [-0.25, -0.2) is 0 Å². The van der Waals surface area contributed by atoms with Crippen molar-refractivity contribution in [1.29, 1.82) is 0 Å². The first-order chi connectivity index (χ1) is 8.67. The SMILES string of the molecule is COc1nc(Cl)nc(N2C3CCC2CC(N)C3)n1. The minimum atomic E-state index is 0.172. The van der Waals surface area contributed by atoms with E-state index < -0.39 is 0 Å². The molecule has 0 saturated carbocycles. The number of rotatable bonds is 2. The zero-order valence-electron chi connectivity index (χ0n) is 10.2. The van der Waals surface area contributed by atoms with Crippen molar-refractivity contribution in [2.24, 2.45) is 5.73 Å². The third-order valence-corrected chi connectivity index (χ3v) is 3.93. The first kappa shape index (κ1) is 11.9. The molecule has 3 rings (SSSR count). The Morgan fingerprint density at radius 1 is 1.22 bits per heavy atom. The Bertz CT molecular complexity index is 443. The molecule has 2 aliphatic heterocycles. The lowest BCUT2D eigenvalue weighted by atomic mass is 9.99. The number of aromatic nitrogens is 3. The Morgan fingerprint density at radius 3 is 2.50 bits per heavy atom. The summed E-state index contributed by atoms with van der Waals surface area (Å²) in [5.74, 6) is 0.617. The second kappa shape index (κ2) is 4.51. The maximum Gasteiger partial charge on any atom is 0.322 e. The molecule has 1 aromatic rings. The number of hydrogen-bond donors (Lipinski definition) is 1. The van der Waals surface area contributed by atoms with Crippen molar-refractivity contribution in [3.8, 4) is 6.01 Å². The Balaban J connectivity index is 1.93. The van der Waals surface area contributed by atoms with Crippen LogP contribution >= 0.6 is 11.6 Å². The Hall–Kier alpha value is -1.14.